The molecule has 1 aromatic carbocycles. The normalized spacial score (nSPS) is 11.2. The Bertz CT molecular complexity index is 590. The largest absolute Gasteiger partial charge is 0.383 e. The number of aromatic nitrogens is 2. The van der Waals surface area contributed by atoms with Gasteiger partial charge in [-0.1, -0.05) is 25.4 Å². The van der Waals surface area contributed by atoms with Gasteiger partial charge in [0.1, 0.15) is 23.2 Å². The van der Waals surface area contributed by atoms with E-state index < -0.39 is 0 Å². The molecule has 0 aliphatic rings. The van der Waals surface area contributed by atoms with Gasteiger partial charge < -0.3 is 10.3 Å². The standard InChI is InChI=1S/C13H15ClFN3/c1-7(2)13-17-11(12(16)18(13)3)9-6-8(14)4-5-10(9)15/h4-7H,16H2,1-3H3. The van der Waals surface area contributed by atoms with Gasteiger partial charge in [-0.3, -0.25) is 0 Å². The first-order valence-electron chi connectivity index (χ1n) is 5.69. The van der Waals surface area contributed by atoms with E-state index in [0.717, 1.165) is 5.82 Å². The van der Waals surface area contributed by atoms with Crippen LogP contribution in [0, 0.1) is 5.82 Å². The number of nitrogens with zero attached hydrogens (tertiary/aromatic N) is 2. The monoisotopic (exact) mass is 267 g/mol. The van der Waals surface area contributed by atoms with Crippen molar-refractivity contribution in [1.29, 1.82) is 0 Å². The molecule has 0 atom stereocenters. The predicted octanol–water partition coefficient (Wildman–Crippen LogP) is 3.59. The summed E-state index contributed by atoms with van der Waals surface area (Å²) in [5.41, 5.74) is 6.76. The maximum atomic E-state index is 13.8. The molecule has 0 spiro atoms. The number of hydrogen-bond acceptors (Lipinski definition) is 2. The Morgan fingerprint density at radius 3 is 2.61 bits per heavy atom. The summed E-state index contributed by atoms with van der Waals surface area (Å²) in [5, 5.41) is 0.461. The van der Waals surface area contributed by atoms with E-state index in [1.807, 2.05) is 20.9 Å². The van der Waals surface area contributed by atoms with E-state index >= 15 is 0 Å². The van der Waals surface area contributed by atoms with Crippen LogP contribution in [0.15, 0.2) is 18.2 Å². The quantitative estimate of drug-likeness (QED) is 0.904. The molecular weight excluding hydrogens is 253 g/mol. The summed E-state index contributed by atoms with van der Waals surface area (Å²) in [6, 6.07) is 4.36. The maximum Gasteiger partial charge on any atom is 0.132 e. The van der Waals surface area contributed by atoms with Crippen LogP contribution in [0.2, 0.25) is 5.02 Å². The van der Waals surface area contributed by atoms with Crippen LogP contribution in [0.4, 0.5) is 10.2 Å². The number of anilines is 1. The molecule has 18 heavy (non-hydrogen) atoms. The zero-order chi connectivity index (χ0) is 13.4. The van der Waals surface area contributed by atoms with E-state index in [1.165, 1.54) is 12.1 Å². The fourth-order valence-corrected chi connectivity index (χ4v) is 2.09. The number of imidazole rings is 1. The number of benzene rings is 1. The SMILES string of the molecule is CC(C)c1nc(-c2cc(Cl)ccc2F)c(N)n1C. The summed E-state index contributed by atoms with van der Waals surface area (Å²) in [7, 11) is 1.82. The van der Waals surface area contributed by atoms with Gasteiger partial charge in [0.05, 0.1) is 0 Å². The van der Waals surface area contributed by atoms with Crippen LogP contribution in [-0.2, 0) is 7.05 Å². The van der Waals surface area contributed by atoms with E-state index in [2.05, 4.69) is 4.98 Å². The van der Waals surface area contributed by atoms with E-state index in [4.69, 9.17) is 17.3 Å². The van der Waals surface area contributed by atoms with E-state index in [1.54, 1.807) is 10.6 Å². The van der Waals surface area contributed by atoms with Gasteiger partial charge >= 0.3 is 0 Å². The highest BCUT2D eigenvalue weighted by Gasteiger charge is 2.18. The minimum absolute atomic E-state index is 0.216. The number of halogens is 2. The number of rotatable bonds is 2. The van der Waals surface area contributed by atoms with E-state index in [-0.39, 0.29) is 11.7 Å². The third-order valence-electron chi connectivity index (χ3n) is 2.87. The summed E-state index contributed by atoms with van der Waals surface area (Å²) < 4.78 is 15.6. The molecule has 0 amide bonds. The van der Waals surface area contributed by atoms with Crippen LogP contribution in [0.5, 0.6) is 0 Å². The molecule has 2 N–H and O–H groups in total. The topological polar surface area (TPSA) is 43.8 Å². The van der Waals surface area contributed by atoms with Gasteiger partial charge in [-0.25, -0.2) is 9.37 Å². The molecule has 0 saturated heterocycles. The van der Waals surface area contributed by atoms with E-state index in [0.29, 0.717) is 22.1 Å². The molecule has 0 aliphatic carbocycles. The maximum absolute atomic E-state index is 13.8. The second-order valence-electron chi connectivity index (χ2n) is 4.54. The van der Waals surface area contributed by atoms with Gasteiger partial charge in [0.25, 0.3) is 0 Å². The molecular formula is C13H15ClFN3. The first-order valence-corrected chi connectivity index (χ1v) is 6.07. The highest BCUT2D eigenvalue weighted by Crippen LogP contribution is 2.31. The average Bonchev–Trinajstić information content (AvgIpc) is 2.60. The molecule has 0 unspecified atom stereocenters. The van der Waals surface area contributed by atoms with Crippen LogP contribution >= 0.6 is 11.6 Å². The molecule has 1 heterocycles. The van der Waals surface area contributed by atoms with Crippen molar-refractivity contribution in [2.24, 2.45) is 7.05 Å². The molecule has 96 valence electrons. The van der Waals surface area contributed by atoms with Crippen molar-refractivity contribution in [2.45, 2.75) is 19.8 Å². The summed E-state index contributed by atoms with van der Waals surface area (Å²) in [4.78, 5) is 4.42. The zero-order valence-corrected chi connectivity index (χ0v) is 11.3. The molecule has 2 aromatic rings. The average molecular weight is 268 g/mol. The predicted molar refractivity (Wildman–Crippen MR) is 72.1 cm³/mol. The molecule has 0 radical (unpaired) electrons. The second-order valence-corrected chi connectivity index (χ2v) is 4.98. The summed E-state index contributed by atoms with van der Waals surface area (Å²) in [5.74, 6) is 1.11. The Balaban J connectivity index is 2.64. The summed E-state index contributed by atoms with van der Waals surface area (Å²) >= 11 is 5.89. The third-order valence-corrected chi connectivity index (χ3v) is 3.11. The molecule has 0 fully saturated rings. The van der Waals surface area contributed by atoms with Crippen molar-refractivity contribution in [3.63, 3.8) is 0 Å². The first-order chi connectivity index (χ1) is 8.41. The van der Waals surface area contributed by atoms with Crippen LogP contribution in [0.1, 0.15) is 25.6 Å². The van der Waals surface area contributed by atoms with Crippen molar-refractivity contribution >= 4 is 17.4 Å². The van der Waals surface area contributed by atoms with Gasteiger partial charge in [0.2, 0.25) is 0 Å². The Morgan fingerprint density at radius 2 is 2.06 bits per heavy atom. The molecule has 0 aliphatic heterocycles. The Labute approximate surface area is 110 Å². The molecule has 0 bridgehead atoms. The minimum atomic E-state index is -0.375. The van der Waals surface area contributed by atoms with Gasteiger partial charge in [0, 0.05) is 23.6 Å². The molecule has 0 saturated carbocycles. The van der Waals surface area contributed by atoms with Crippen molar-refractivity contribution in [3.8, 4) is 11.3 Å². The lowest BCUT2D eigenvalue weighted by atomic mass is 10.1. The van der Waals surface area contributed by atoms with Crippen molar-refractivity contribution < 1.29 is 4.39 Å². The van der Waals surface area contributed by atoms with Crippen molar-refractivity contribution in [2.75, 3.05) is 5.73 Å². The lowest BCUT2D eigenvalue weighted by Gasteiger charge is -2.04. The van der Waals surface area contributed by atoms with Gasteiger partial charge in [-0.05, 0) is 18.2 Å². The molecule has 3 nitrogen and oxygen atoms in total. The second kappa shape index (κ2) is 4.61. The van der Waals surface area contributed by atoms with Crippen molar-refractivity contribution in [3.05, 3.63) is 34.9 Å². The Kier molecular flexibility index (Phi) is 3.30. The van der Waals surface area contributed by atoms with E-state index in [9.17, 15) is 4.39 Å². The van der Waals surface area contributed by atoms with Crippen LogP contribution in [-0.4, -0.2) is 9.55 Å². The molecule has 1 aromatic heterocycles. The van der Waals surface area contributed by atoms with Gasteiger partial charge in [-0.15, -0.1) is 0 Å². The fourth-order valence-electron chi connectivity index (χ4n) is 1.92. The molecule has 2 rings (SSSR count). The summed E-state index contributed by atoms with van der Waals surface area (Å²) in [6.45, 7) is 4.03. The number of hydrogen-bond donors (Lipinski definition) is 1. The Hall–Kier alpha value is -1.55. The fraction of sp³-hybridized carbons (Fsp3) is 0.308. The lowest BCUT2D eigenvalue weighted by Crippen LogP contribution is -2.03. The highest BCUT2D eigenvalue weighted by molar-refractivity contribution is 6.30. The Morgan fingerprint density at radius 1 is 1.39 bits per heavy atom. The van der Waals surface area contributed by atoms with Gasteiger partial charge in [-0.2, -0.15) is 0 Å². The minimum Gasteiger partial charge on any atom is -0.383 e. The highest BCUT2D eigenvalue weighted by atomic mass is 35.5. The van der Waals surface area contributed by atoms with Gasteiger partial charge in [0.15, 0.2) is 0 Å². The van der Waals surface area contributed by atoms with Crippen LogP contribution < -0.4 is 5.73 Å². The summed E-state index contributed by atoms with van der Waals surface area (Å²) in [6.07, 6.45) is 0. The number of nitrogens with two attached hydrogens (primary N) is 1. The molecule has 5 heteroatoms. The number of nitrogen functional groups attached to an aromatic ring is 1. The van der Waals surface area contributed by atoms with Crippen LogP contribution in [0.25, 0.3) is 11.3 Å². The van der Waals surface area contributed by atoms with Crippen molar-refractivity contribution in [1.82, 2.24) is 9.55 Å². The third kappa shape index (κ3) is 2.08. The zero-order valence-electron chi connectivity index (χ0n) is 10.5. The lowest BCUT2D eigenvalue weighted by molar-refractivity contribution is 0.631. The smallest absolute Gasteiger partial charge is 0.132 e. The van der Waals surface area contributed by atoms with Crippen LogP contribution in [0.3, 0.4) is 0 Å². The first kappa shape index (κ1) is 12.9.